The van der Waals surface area contributed by atoms with Gasteiger partial charge in [-0.15, -0.1) is 0 Å². The van der Waals surface area contributed by atoms with Crippen LogP contribution in [0.3, 0.4) is 0 Å². The monoisotopic (exact) mass is 363 g/mol. The smallest absolute Gasteiger partial charge is 0.259 e. The number of hydrogen-bond donors (Lipinski definition) is 1. The molecule has 0 radical (unpaired) electrons. The van der Waals surface area contributed by atoms with E-state index >= 15 is 0 Å². The van der Waals surface area contributed by atoms with E-state index < -0.39 is 9.84 Å². The van der Waals surface area contributed by atoms with Gasteiger partial charge in [-0.05, 0) is 25.5 Å². The Labute approximate surface area is 144 Å². The van der Waals surface area contributed by atoms with Crippen molar-refractivity contribution >= 4 is 21.4 Å². The molecule has 132 valence electrons. The zero-order chi connectivity index (χ0) is 17.6. The van der Waals surface area contributed by atoms with Gasteiger partial charge in [0.15, 0.2) is 21.3 Å². The second-order valence-corrected chi connectivity index (χ2v) is 8.40. The molecule has 9 heteroatoms. The Balaban J connectivity index is 1.53. The minimum Gasteiger partial charge on any atom is -0.454 e. The van der Waals surface area contributed by atoms with Gasteiger partial charge in [0, 0.05) is 17.4 Å². The Morgan fingerprint density at radius 2 is 2.12 bits per heavy atom. The number of sulfone groups is 1. The number of aromatic nitrogens is 2. The molecule has 0 bridgehead atoms. The van der Waals surface area contributed by atoms with E-state index in [-0.39, 0.29) is 30.2 Å². The number of carbonyl (C=O) groups is 1. The van der Waals surface area contributed by atoms with Crippen molar-refractivity contribution in [1.82, 2.24) is 9.78 Å². The maximum absolute atomic E-state index is 12.5. The fraction of sp³-hybridized carbons (Fsp3) is 0.375. The van der Waals surface area contributed by atoms with Gasteiger partial charge in [0.25, 0.3) is 5.91 Å². The van der Waals surface area contributed by atoms with Crippen LogP contribution in [0, 0.1) is 6.92 Å². The lowest BCUT2D eigenvalue weighted by atomic mass is 10.2. The lowest BCUT2D eigenvalue weighted by Crippen LogP contribution is -2.16. The van der Waals surface area contributed by atoms with E-state index in [1.165, 1.54) is 6.20 Å². The molecule has 0 spiro atoms. The van der Waals surface area contributed by atoms with Crippen LogP contribution in [-0.2, 0) is 9.84 Å². The number of amides is 1. The van der Waals surface area contributed by atoms with E-state index in [1.807, 2.05) is 0 Å². The molecule has 1 saturated heterocycles. The van der Waals surface area contributed by atoms with Crippen LogP contribution in [0.4, 0.5) is 5.69 Å². The highest BCUT2D eigenvalue weighted by Crippen LogP contribution is 2.34. The van der Waals surface area contributed by atoms with Gasteiger partial charge in [-0.2, -0.15) is 5.10 Å². The molecule has 0 aliphatic carbocycles. The first kappa shape index (κ1) is 15.9. The van der Waals surface area contributed by atoms with Gasteiger partial charge in [0.05, 0.1) is 29.3 Å². The second-order valence-electron chi connectivity index (χ2n) is 6.17. The number of benzene rings is 1. The highest BCUT2D eigenvalue weighted by atomic mass is 32.2. The average Bonchev–Trinajstić information content (AvgIpc) is 3.25. The van der Waals surface area contributed by atoms with Crippen LogP contribution in [0.5, 0.6) is 11.5 Å². The van der Waals surface area contributed by atoms with Crippen LogP contribution < -0.4 is 14.8 Å². The molecule has 4 rings (SSSR count). The molecule has 8 nitrogen and oxygen atoms in total. The van der Waals surface area contributed by atoms with E-state index in [0.29, 0.717) is 34.9 Å². The predicted octanol–water partition coefficient (Wildman–Crippen LogP) is 1.53. The molecule has 0 saturated carbocycles. The maximum Gasteiger partial charge on any atom is 0.259 e. The second kappa shape index (κ2) is 5.76. The summed E-state index contributed by atoms with van der Waals surface area (Å²) in [4.78, 5) is 12.5. The summed E-state index contributed by atoms with van der Waals surface area (Å²) in [6.45, 7) is 1.94. The first-order valence-corrected chi connectivity index (χ1v) is 9.70. The Kier molecular flexibility index (Phi) is 3.68. The maximum atomic E-state index is 12.5. The third-order valence-corrected chi connectivity index (χ3v) is 6.22. The SMILES string of the molecule is Cc1c(C(=O)Nc2ccc3c(c2)OCO3)cnn1C1CCS(=O)(=O)C1. The van der Waals surface area contributed by atoms with Crippen molar-refractivity contribution in [3.05, 3.63) is 35.7 Å². The molecule has 1 aromatic heterocycles. The van der Waals surface area contributed by atoms with Gasteiger partial charge < -0.3 is 14.8 Å². The Bertz CT molecular complexity index is 951. The van der Waals surface area contributed by atoms with Crippen molar-refractivity contribution in [2.24, 2.45) is 0 Å². The molecule has 2 aromatic rings. The van der Waals surface area contributed by atoms with Crippen LogP contribution in [0.25, 0.3) is 0 Å². The van der Waals surface area contributed by atoms with Crippen molar-refractivity contribution in [2.75, 3.05) is 23.6 Å². The number of anilines is 1. The van der Waals surface area contributed by atoms with Gasteiger partial charge in [0.1, 0.15) is 0 Å². The minimum atomic E-state index is -3.01. The number of ether oxygens (including phenoxy) is 2. The summed E-state index contributed by atoms with van der Waals surface area (Å²) in [5.74, 6) is 1.16. The summed E-state index contributed by atoms with van der Waals surface area (Å²) in [5, 5.41) is 7.03. The van der Waals surface area contributed by atoms with E-state index in [1.54, 1.807) is 29.8 Å². The summed E-state index contributed by atoms with van der Waals surface area (Å²) in [6, 6.07) is 4.95. The van der Waals surface area contributed by atoms with Crippen LogP contribution in [0.15, 0.2) is 24.4 Å². The molecule has 2 aliphatic rings. The van der Waals surface area contributed by atoms with Crippen LogP contribution in [0.2, 0.25) is 0 Å². The van der Waals surface area contributed by atoms with Crippen LogP contribution in [0.1, 0.15) is 28.5 Å². The molecular formula is C16H17N3O5S. The highest BCUT2D eigenvalue weighted by molar-refractivity contribution is 7.91. The molecule has 1 amide bonds. The van der Waals surface area contributed by atoms with E-state index in [0.717, 1.165) is 0 Å². The summed E-state index contributed by atoms with van der Waals surface area (Å²) < 4.78 is 35.5. The molecule has 2 aliphatic heterocycles. The van der Waals surface area contributed by atoms with Crippen molar-refractivity contribution in [3.63, 3.8) is 0 Å². The first-order chi connectivity index (χ1) is 11.9. The molecule has 1 unspecified atom stereocenters. The fourth-order valence-electron chi connectivity index (χ4n) is 3.16. The lowest BCUT2D eigenvalue weighted by Gasteiger charge is -2.11. The normalized spacial score (nSPS) is 20.6. The van der Waals surface area contributed by atoms with Crippen molar-refractivity contribution in [1.29, 1.82) is 0 Å². The fourth-order valence-corrected chi connectivity index (χ4v) is 4.85. The zero-order valence-electron chi connectivity index (χ0n) is 13.6. The number of nitrogens with one attached hydrogen (secondary N) is 1. The number of rotatable bonds is 3. The van der Waals surface area contributed by atoms with Crippen LogP contribution >= 0.6 is 0 Å². The predicted molar refractivity (Wildman–Crippen MR) is 89.8 cm³/mol. The summed E-state index contributed by atoms with van der Waals surface area (Å²) in [6.07, 6.45) is 2.00. The van der Waals surface area contributed by atoms with Crippen molar-refractivity contribution < 1.29 is 22.7 Å². The van der Waals surface area contributed by atoms with E-state index in [4.69, 9.17) is 9.47 Å². The summed E-state index contributed by atoms with van der Waals surface area (Å²) in [5.41, 5.74) is 1.66. The standard InChI is InChI=1S/C16H17N3O5S/c1-10-13(7-17-19(10)12-4-5-25(21,22)8-12)16(20)18-11-2-3-14-15(6-11)24-9-23-14/h2-3,6-7,12H,4-5,8-9H2,1H3,(H,18,20). The largest absolute Gasteiger partial charge is 0.454 e. The molecule has 1 atom stereocenters. The highest BCUT2D eigenvalue weighted by Gasteiger charge is 2.31. The quantitative estimate of drug-likeness (QED) is 0.888. The lowest BCUT2D eigenvalue weighted by molar-refractivity contribution is 0.102. The molecule has 1 N–H and O–H groups in total. The van der Waals surface area contributed by atoms with Gasteiger partial charge in [0.2, 0.25) is 6.79 Å². The van der Waals surface area contributed by atoms with E-state index in [2.05, 4.69) is 10.4 Å². The van der Waals surface area contributed by atoms with Gasteiger partial charge in [-0.3, -0.25) is 9.48 Å². The minimum absolute atomic E-state index is 0.0682. The van der Waals surface area contributed by atoms with Gasteiger partial charge in [-0.25, -0.2) is 8.42 Å². The summed E-state index contributed by atoms with van der Waals surface area (Å²) >= 11 is 0. The first-order valence-electron chi connectivity index (χ1n) is 7.88. The molecule has 1 fully saturated rings. The third kappa shape index (κ3) is 2.95. The Hall–Kier alpha value is -2.55. The number of fused-ring (bicyclic) bond motifs is 1. The Morgan fingerprint density at radius 3 is 2.88 bits per heavy atom. The van der Waals surface area contributed by atoms with Crippen molar-refractivity contribution in [2.45, 2.75) is 19.4 Å². The molecule has 1 aromatic carbocycles. The number of hydrogen-bond acceptors (Lipinski definition) is 6. The topological polar surface area (TPSA) is 99.5 Å². The summed E-state index contributed by atoms with van der Waals surface area (Å²) in [7, 11) is -3.01. The van der Waals surface area contributed by atoms with Gasteiger partial charge in [-0.1, -0.05) is 0 Å². The third-order valence-electron chi connectivity index (χ3n) is 4.47. The average molecular weight is 363 g/mol. The zero-order valence-corrected chi connectivity index (χ0v) is 14.4. The Morgan fingerprint density at radius 1 is 1.32 bits per heavy atom. The number of carbonyl (C=O) groups excluding carboxylic acids is 1. The van der Waals surface area contributed by atoms with Crippen molar-refractivity contribution in [3.8, 4) is 11.5 Å². The van der Waals surface area contributed by atoms with E-state index in [9.17, 15) is 13.2 Å². The van der Waals surface area contributed by atoms with Crippen LogP contribution in [-0.4, -0.2) is 42.4 Å². The van der Waals surface area contributed by atoms with Gasteiger partial charge >= 0.3 is 0 Å². The number of nitrogens with zero attached hydrogens (tertiary/aromatic N) is 2. The molecule has 25 heavy (non-hydrogen) atoms. The molecule has 3 heterocycles. The molecular weight excluding hydrogens is 346 g/mol.